The summed E-state index contributed by atoms with van der Waals surface area (Å²) in [6, 6.07) is 9.73. The molecule has 0 saturated heterocycles. The number of benzene rings is 2. The van der Waals surface area contributed by atoms with Gasteiger partial charge in [0, 0.05) is 42.5 Å². The van der Waals surface area contributed by atoms with Gasteiger partial charge < -0.3 is 24.9 Å². The first-order chi connectivity index (χ1) is 21.4. The fraction of sp³-hybridized carbons (Fsp3) is 0.419. The summed E-state index contributed by atoms with van der Waals surface area (Å²) in [5.74, 6) is -2.22. The molecule has 0 unspecified atom stereocenters. The number of ketones is 1. The van der Waals surface area contributed by atoms with Crippen LogP contribution in [0.4, 0.5) is 4.39 Å². The van der Waals surface area contributed by atoms with Crippen molar-refractivity contribution in [3.8, 4) is 0 Å². The molecular weight excluding hydrogens is 652 g/mol. The third kappa shape index (κ3) is 14.0. The average Bonchev–Trinajstić information content (AvgIpc) is 2.99. The summed E-state index contributed by atoms with van der Waals surface area (Å²) >= 11 is 5.88. The largest absolute Gasteiger partial charge is 1.00 e. The normalized spacial score (nSPS) is 11.2. The Morgan fingerprint density at radius 2 is 1.67 bits per heavy atom. The van der Waals surface area contributed by atoms with Gasteiger partial charge in [-0.3, -0.25) is 19.2 Å². The predicted octanol–water partition coefficient (Wildman–Crippen LogP) is 0.775. The summed E-state index contributed by atoms with van der Waals surface area (Å²) in [4.78, 5) is 52.2. The summed E-state index contributed by atoms with van der Waals surface area (Å²) in [6.45, 7) is 0.252. The minimum Gasteiger partial charge on any atom is -0.748 e. The van der Waals surface area contributed by atoms with Crippen molar-refractivity contribution >= 4 is 50.3 Å². The van der Waals surface area contributed by atoms with Gasteiger partial charge in [-0.05, 0) is 61.1 Å². The van der Waals surface area contributed by atoms with Crippen LogP contribution in [0.25, 0.3) is 10.9 Å². The SMILES string of the molecule is O=C(CCCCCCC(=O)OCCCc1cc(F)c2[nH]cc(C(=O)NCc3ccc(Cl)cc3)c(=O)c2c1)CNCCS(=O)(=O)[O-].[Na+]. The number of rotatable bonds is 19. The van der Waals surface area contributed by atoms with Gasteiger partial charge in [-0.2, -0.15) is 0 Å². The summed E-state index contributed by atoms with van der Waals surface area (Å²) in [6.07, 6.45) is 5.21. The standard InChI is InChI=1S/C31H37ClFN3O8S.Na/c32-23-11-9-21(10-12-23)18-36-31(40)26-20-35-29-25(30(26)39)16-22(17-27(29)33)6-5-14-44-28(38)8-4-2-1-3-7-24(37)19-34-13-15-45(41,42)43;/h9-12,16-17,20,34H,1-8,13-15,18-19H2,(H,35,39)(H,36,40)(H,41,42,43);/q;+1/p-1. The fourth-order valence-electron chi connectivity index (χ4n) is 4.53. The van der Waals surface area contributed by atoms with E-state index in [1.165, 1.54) is 18.3 Å². The number of carbonyl (C=O) groups excluding carboxylic acids is 3. The molecule has 1 aromatic heterocycles. The first kappa shape index (κ1) is 39.5. The minimum absolute atomic E-state index is 0. The Hall–Kier alpha value is -2.65. The number of H-pyrrole nitrogens is 1. The number of aryl methyl sites for hydroxylation is 1. The minimum atomic E-state index is -4.30. The molecule has 0 bridgehead atoms. The summed E-state index contributed by atoms with van der Waals surface area (Å²) < 4.78 is 51.6. The predicted molar refractivity (Wildman–Crippen MR) is 167 cm³/mol. The van der Waals surface area contributed by atoms with Crippen LogP contribution in [0.1, 0.15) is 66.4 Å². The number of amides is 1. The molecule has 46 heavy (non-hydrogen) atoms. The number of pyridine rings is 1. The van der Waals surface area contributed by atoms with Crippen LogP contribution in [0.5, 0.6) is 0 Å². The Balaban J connectivity index is 0.00000736. The van der Waals surface area contributed by atoms with Gasteiger partial charge in [-0.25, -0.2) is 12.8 Å². The van der Waals surface area contributed by atoms with Crippen LogP contribution in [0.3, 0.4) is 0 Å². The van der Waals surface area contributed by atoms with Crippen LogP contribution >= 0.6 is 11.6 Å². The van der Waals surface area contributed by atoms with Gasteiger partial charge in [0.15, 0.2) is 0 Å². The zero-order valence-electron chi connectivity index (χ0n) is 25.7. The molecule has 0 saturated carbocycles. The van der Waals surface area contributed by atoms with Gasteiger partial charge >= 0.3 is 35.5 Å². The van der Waals surface area contributed by atoms with Crippen LogP contribution in [0, 0.1) is 5.82 Å². The quantitative estimate of drug-likeness (QED) is 0.0712. The van der Waals surface area contributed by atoms with Crippen LogP contribution < -0.4 is 45.6 Å². The van der Waals surface area contributed by atoms with Gasteiger partial charge in [-0.1, -0.05) is 36.6 Å². The summed E-state index contributed by atoms with van der Waals surface area (Å²) in [7, 11) is -4.30. The number of esters is 1. The van der Waals surface area contributed by atoms with Crippen LogP contribution in [0.15, 0.2) is 47.4 Å². The van der Waals surface area contributed by atoms with Crippen molar-refractivity contribution in [1.29, 1.82) is 0 Å². The first-order valence-corrected chi connectivity index (χ1v) is 16.6. The van der Waals surface area contributed by atoms with E-state index in [-0.39, 0.29) is 90.4 Å². The molecule has 3 N–H and O–H groups in total. The molecule has 1 amide bonds. The molecule has 0 aliphatic heterocycles. The van der Waals surface area contributed by atoms with E-state index in [2.05, 4.69) is 15.6 Å². The van der Waals surface area contributed by atoms with E-state index in [4.69, 9.17) is 16.3 Å². The van der Waals surface area contributed by atoms with Crippen molar-refractivity contribution in [2.75, 3.05) is 25.4 Å². The Labute approximate surface area is 294 Å². The maximum atomic E-state index is 14.8. The van der Waals surface area contributed by atoms with Crippen molar-refractivity contribution < 1.29 is 66.0 Å². The number of unbranched alkanes of at least 4 members (excludes halogenated alkanes) is 3. The van der Waals surface area contributed by atoms with Crippen molar-refractivity contribution in [1.82, 2.24) is 15.6 Å². The molecule has 0 fully saturated rings. The molecule has 244 valence electrons. The zero-order valence-corrected chi connectivity index (χ0v) is 29.2. The van der Waals surface area contributed by atoms with E-state index in [9.17, 15) is 36.5 Å². The van der Waals surface area contributed by atoms with Gasteiger partial charge in [0.1, 0.15) is 17.2 Å². The molecule has 1 heterocycles. The molecule has 0 spiro atoms. The second-order valence-corrected chi connectivity index (χ2v) is 12.5. The van der Waals surface area contributed by atoms with Gasteiger partial charge in [-0.15, -0.1) is 0 Å². The third-order valence-electron chi connectivity index (χ3n) is 6.92. The third-order valence-corrected chi connectivity index (χ3v) is 7.88. The van der Waals surface area contributed by atoms with Crippen molar-refractivity contribution in [3.63, 3.8) is 0 Å². The number of nitrogens with one attached hydrogen (secondary N) is 3. The summed E-state index contributed by atoms with van der Waals surface area (Å²) in [5.41, 5.74) is 0.585. The number of hydrogen-bond acceptors (Lipinski definition) is 9. The van der Waals surface area contributed by atoms with Gasteiger partial charge in [0.2, 0.25) is 5.43 Å². The molecule has 3 aromatic rings. The average molecular weight is 688 g/mol. The maximum Gasteiger partial charge on any atom is 1.00 e. The molecule has 0 radical (unpaired) electrons. The molecule has 15 heteroatoms. The van der Waals surface area contributed by atoms with E-state index in [1.54, 1.807) is 24.3 Å². The smallest absolute Gasteiger partial charge is 0.748 e. The molecule has 0 atom stereocenters. The monoisotopic (exact) mass is 687 g/mol. The maximum absolute atomic E-state index is 14.8. The number of aromatic amines is 1. The molecule has 2 aromatic carbocycles. The van der Waals surface area contributed by atoms with Gasteiger partial charge in [0.25, 0.3) is 5.91 Å². The topological polar surface area (TPSA) is 175 Å². The van der Waals surface area contributed by atoms with Crippen LogP contribution in [-0.4, -0.2) is 61.1 Å². The number of aromatic nitrogens is 1. The second-order valence-electron chi connectivity index (χ2n) is 10.6. The number of Topliss-reactive ketones (excluding diaryl/α,β-unsaturated/α-hetero) is 1. The van der Waals surface area contributed by atoms with Crippen LogP contribution in [-0.2, 0) is 37.4 Å². The van der Waals surface area contributed by atoms with E-state index >= 15 is 0 Å². The van der Waals surface area contributed by atoms with Crippen molar-refractivity contribution in [2.45, 2.75) is 57.9 Å². The number of halogens is 2. The van der Waals surface area contributed by atoms with E-state index in [0.717, 1.165) is 18.4 Å². The molecule has 3 rings (SSSR count). The second kappa shape index (κ2) is 19.9. The zero-order chi connectivity index (χ0) is 32.8. The van der Waals surface area contributed by atoms with Crippen LogP contribution in [0.2, 0.25) is 5.02 Å². The van der Waals surface area contributed by atoms with E-state index in [1.807, 2.05) is 0 Å². The molecule has 0 aliphatic rings. The Kier molecular flexibility index (Phi) is 17.1. The molecule has 0 aliphatic carbocycles. The Bertz CT molecular complexity index is 1650. The first-order valence-electron chi connectivity index (χ1n) is 14.6. The Morgan fingerprint density at radius 3 is 2.37 bits per heavy atom. The summed E-state index contributed by atoms with van der Waals surface area (Å²) in [5, 5.41) is 5.92. The van der Waals surface area contributed by atoms with Crippen molar-refractivity contribution in [3.05, 3.63) is 80.3 Å². The fourth-order valence-corrected chi connectivity index (χ4v) is 5.05. The number of fused-ring (bicyclic) bond motifs is 1. The van der Waals surface area contributed by atoms with E-state index in [0.29, 0.717) is 42.7 Å². The van der Waals surface area contributed by atoms with E-state index < -0.39 is 33.0 Å². The Morgan fingerprint density at radius 1 is 0.978 bits per heavy atom. The number of hydrogen-bond donors (Lipinski definition) is 3. The number of ether oxygens (including phenoxy) is 1. The molecular formula is C31H36ClFN3NaO8S. The molecule has 11 nitrogen and oxygen atoms in total. The van der Waals surface area contributed by atoms with Crippen molar-refractivity contribution in [2.24, 2.45) is 0 Å². The number of carbonyl (C=O) groups is 3. The van der Waals surface area contributed by atoms with Gasteiger partial charge in [0.05, 0.1) is 34.5 Å².